The van der Waals surface area contributed by atoms with Crippen molar-refractivity contribution in [2.75, 3.05) is 12.3 Å². The third-order valence-electron chi connectivity index (χ3n) is 3.17. The number of nitrogens with two attached hydrogens (primary N) is 1. The molecule has 2 N–H and O–H groups in total. The number of aromatic nitrogens is 3. The minimum atomic E-state index is 0.131. The summed E-state index contributed by atoms with van der Waals surface area (Å²) < 4.78 is 11.0. The van der Waals surface area contributed by atoms with Gasteiger partial charge >= 0.3 is 12.0 Å². The fourth-order valence-electron chi connectivity index (χ4n) is 2.19. The summed E-state index contributed by atoms with van der Waals surface area (Å²) in [4.78, 5) is 12.0. The van der Waals surface area contributed by atoms with Crippen LogP contribution < -0.4 is 15.2 Å². The van der Waals surface area contributed by atoms with Crippen LogP contribution in [-0.4, -0.2) is 27.7 Å². The molecule has 100 valence electrons. The number of nitrogen functional groups attached to an aromatic ring is 1. The van der Waals surface area contributed by atoms with Crippen LogP contribution in [0.5, 0.6) is 12.0 Å². The molecule has 0 bridgehead atoms. The van der Waals surface area contributed by atoms with Gasteiger partial charge in [0.05, 0.1) is 6.61 Å². The van der Waals surface area contributed by atoms with Crippen molar-refractivity contribution in [1.82, 2.24) is 15.0 Å². The second-order valence-electron chi connectivity index (χ2n) is 4.61. The average Bonchev–Trinajstić information content (AvgIpc) is 2.32. The van der Waals surface area contributed by atoms with Crippen molar-refractivity contribution < 1.29 is 9.47 Å². The third kappa shape index (κ3) is 3.21. The van der Waals surface area contributed by atoms with Gasteiger partial charge in [-0.15, -0.1) is 4.98 Å². The average molecular weight is 252 g/mol. The van der Waals surface area contributed by atoms with Crippen molar-refractivity contribution in [3.05, 3.63) is 0 Å². The molecule has 6 nitrogen and oxygen atoms in total. The molecule has 1 aromatic rings. The molecule has 0 spiro atoms. The molecule has 1 aromatic heterocycles. The van der Waals surface area contributed by atoms with Gasteiger partial charge in [0.25, 0.3) is 0 Å². The standard InChI is InChI=1S/C12H20N4O2/c1-3-17-11-14-10(13)15-12(16-11)18-9-7-5-4-6-8(9)2/h8-9H,3-7H2,1-2H3,(H2,13,14,15,16). The monoisotopic (exact) mass is 252 g/mol. The van der Waals surface area contributed by atoms with Crippen molar-refractivity contribution in [2.45, 2.75) is 45.6 Å². The first-order chi connectivity index (χ1) is 8.69. The van der Waals surface area contributed by atoms with Crippen molar-refractivity contribution in [3.8, 4) is 12.0 Å². The lowest BCUT2D eigenvalue weighted by Gasteiger charge is -2.28. The van der Waals surface area contributed by atoms with Gasteiger partial charge in [-0.05, 0) is 32.1 Å². The fourth-order valence-corrected chi connectivity index (χ4v) is 2.19. The Morgan fingerprint density at radius 1 is 1.17 bits per heavy atom. The number of hydrogen-bond acceptors (Lipinski definition) is 6. The Morgan fingerprint density at radius 3 is 2.61 bits per heavy atom. The zero-order valence-corrected chi connectivity index (χ0v) is 10.9. The van der Waals surface area contributed by atoms with Crippen LogP contribution >= 0.6 is 0 Å². The second-order valence-corrected chi connectivity index (χ2v) is 4.61. The van der Waals surface area contributed by atoms with E-state index in [9.17, 15) is 0 Å². The van der Waals surface area contributed by atoms with Crippen LogP contribution in [0.15, 0.2) is 0 Å². The maximum atomic E-state index is 5.81. The number of hydrogen-bond donors (Lipinski definition) is 1. The lowest BCUT2D eigenvalue weighted by Crippen LogP contribution is -2.29. The highest BCUT2D eigenvalue weighted by atomic mass is 16.5. The third-order valence-corrected chi connectivity index (χ3v) is 3.17. The predicted molar refractivity (Wildman–Crippen MR) is 67.5 cm³/mol. The molecule has 0 saturated heterocycles. The maximum Gasteiger partial charge on any atom is 0.324 e. The van der Waals surface area contributed by atoms with E-state index in [1.54, 1.807) is 0 Å². The van der Waals surface area contributed by atoms with Gasteiger partial charge in [-0.3, -0.25) is 0 Å². The summed E-state index contributed by atoms with van der Waals surface area (Å²) in [5.74, 6) is 0.652. The molecule has 0 radical (unpaired) electrons. The van der Waals surface area contributed by atoms with E-state index in [0.29, 0.717) is 12.5 Å². The molecule has 2 atom stereocenters. The zero-order chi connectivity index (χ0) is 13.0. The van der Waals surface area contributed by atoms with Crippen molar-refractivity contribution in [3.63, 3.8) is 0 Å². The molecule has 2 rings (SSSR count). The van der Waals surface area contributed by atoms with Crippen LogP contribution in [0.1, 0.15) is 39.5 Å². The van der Waals surface area contributed by atoms with Crippen LogP contribution in [0, 0.1) is 5.92 Å². The largest absolute Gasteiger partial charge is 0.464 e. The van der Waals surface area contributed by atoms with Crippen molar-refractivity contribution in [1.29, 1.82) is 0 Å². The lowest BCUT2D eigenvalue weighted by molar-refractivity contribution is 0.0909. The van der Waals surface area contributed by atoms with Crippen LogP contribution in [-0.2, 0) is 0 Å². The van der Waals surface area contributed by atoms with Crippen LogP contribution in [0.4, 0.5) is 5.95 Å². The molecule has 1 saturated carbocycles. The molecule has 18 heavy (non-hydrogen) atoms. The predicted octanol–water partition coefficient (Wildman–Crippen LogP) is 1.81. The zero-order valence-electron chi connectivity index (χ0n) is 10.9. The number of nitrogens with zero attached hydrogens (tertiary/aromatic N) is 3. The van der Waals surface area contributed by atoms with E-state index in [0.717, 1.165) is 6.42 Å². The number of rotatable bonds is 4. The Labute approximate surface area is 107 Å². The van der Waals surface area contributed by atoms with Gasteiger partial charge in [-0.25, -0.2) is 0 Å². The van der Waals surface area contributed by atoms with E-state index in [1.807, 2.05) is 6.92 Å². The summed E-state index contributed by atoms with van der Waals surface area (Å²) in [6.45, 7) is 4.55. The minimum Gasteiger partial charge on any atom is -0.464 e. The fraction of sp³-hybridized carbons (Fsp3) is 0.750. The number of anilines is 1. The minimum absolute atomic E-state index is 0.131. The molecule has 1 heterocycles. The Hall–Kier alpha value is -1.59. The van der Waals surface area contributed by atoms with Gasteiger partial charge in [0, 0.05) is 0 Å². The lowest BCUT2D eigenvalue weighted by atomic mass is 9.88. The summed E-state index contributed by atoms with van der Waals surface area (Å²) in [7, 11) is 0. The van der Waals surface area contributed by atoms with Gasteiger partial charge in [0.15, 0.2) is 0 Å². The summed E-state index contributed by atoms with van der Waals surface area (Å²) in [5, 5.41) is 0. The normalized spacial score (nSPS) is 23.7. The van der Waals surface area contributed by atoms with Gasteiger partial charge in [-0.2, -0.15) is 9.97 Å². The van der Waals surface area contributed by atoms with Crippen molar-refractivity contribution in [2.24, 2.45) is 5.92 Å². The van der Waals surface area contributed by atoms with Crippen molar-refractivity contribution >= 4 is 5.95 Å². The Morgan fingerprint density at radius 2 is 1.89 bits per heavy atom. The quantitative estimate of drug-likeness (QED) is 0.879. The van der Waals surface area contributed by atoms with E-state index in [1.165, 1.54) is 19.3 Å². The molecule has 1 aliphatic carbocycles. The highest BCUT2D eigenvalue weighted by Crippen LogP contribution is 2.27. The van der Waals surface area contributed by atoms with E-state index >= 15 is 0 Å². The van der Waals surface area contributed by atoms with Crippen LogP contribution in [0.25, 0.3) is 0 Å². The van der Waals surface area contributed by atoms with Gasteiger partial charge < -0.3 is 15.2 Å². The smallest absolute Gasteiger partial charge is 0.324 e. The molecule has 1 aliphatic rings. The molecule has 0 aromatic carbocycles. The Balaban J connectivity index is 2.07. The highest BCUT2D eigenvalue weighted by Gasteiger charge is 2.24. The molecular weight excluding hydrogens is 232 g/mol. The Kier molecular flexibility index (Phi) is 4.17. The first-order valence-corrected chi connectivity index (χ1v) is 6.50. The van der Waals surface area contributed by atoms with E-state index in [4.69, 9.17) is 15.2 Å². The first kappa shape index (κ1) is 12.9. The summed E-state index contributed by atoms with van der Waals surface area (Å²) in [6, 6.07) is 0.494. The summed E-state index contributed by atoms with van der Waals surface area (Å²) in [6.07, 6.45) is 4.84. The van der Waals surface area contributed by atoms with Crippen LogP contribution in [0.2, 0.25) is 0 Å². The molecule has 2 unspecified atom stereocenters. The van der Waals surface area contributed by atoms with E-state index in [-0.39, 0.29) is 24.1 Å². The SMILES string of the molecule is CCOc1nc(N)nc(OC2CCCCC2C)n1. The van der Waals surface area contributed by atoms with Gasteiger partial charge in [0.1, 0.15) is 6.10 Å². The summed E-state index contributed by atoms with van der Waals surface area (Å²) in [5.41, 5.74) is 5.61. The molecule has 1 fully saturated rings. The topological polar surface area (TPSA) is 83.2 Å². The molecule has 0 amide bonds. The highest BCUT2D eigenvalue weighted by molar-refractivity contribution is 5.20. The van der Waals surface area contributed by atoms with Gasteiger partial charge in [0.2, 0.25) is 5.95 Å². The second kappa shape index (κ2) is 5.84. The van der Waals surface area contributed by atoms with Gasteiger partial charge in [-0.1, -0.05) is 13.3 Å². The Bertz CT molecular complexity index is 400. The molecular formula is C12H20N4O2. The molecule has 6 heteroatoms. The first-order valence-electron chi connectivity index (χ1n) is 6.50. The number of ether oxygens (including phenoxy) is 2. The van der Waals surface area contributed by atoms with E-state index < -0.39 is 0 Å². The van der Waals surface area contributed by atoms with Crippen LogP contribution in [0.3, 0.4) is 0 Å². The maximum absolute atomic E-state index is 5.81. The summed E-state index contributed by atoms with van der Waals surface area (Å²) >= 11 is 0. The molecule has 0 aliphatic heterocycles. The van der Waals surface area contributed by atoms with E-state index in [2.05, 4.69) is 21.9 Å².